The zero-order valence-corrected chi connectivity index (χ0v) is 11.9. The highest BCUT2D eigenvalue weighted by Crippen LogP contribution is 2.49. The van der Waals surface area contributed by atoms with E-state index < -0.39 is 0 Å². The molecule has 17 heavy (non-hydrogen) atoms. The van der Waals surface area contributed by atoms with Gasteiger partial charge in [-0.05, 0) is 40.3 Å². The third-order valence-corrected chi connectivity index (χ3v) is 4.67. The van der Waals surface area contributed by atoms with Gasteiger partial charge in [0.1, 0.15) is 16.1 Å². The zero-order valence-electron chi connectivity index (χ0n) is 8.90. The highest BCUT2D eigenvalue weighted by molar-refractivity contribution is 14.1. The number of hydrogen-bond acceptors (Lipinski definition) is 4. The van der Waals surface area contributed by atoms with Crippen LogP contribution in [0.3, 0.4) is 0 Å². The van der Waals surface area contributed by atoms with Crippen molar-refractivity contribution in [3.63, 3.8) is 0 Å². The minimum absolute atomic E-state index is 0.613. The predicted molar refractivity (Wildman–Crippen MR) is 77.9 cm³/mol. The number of halogens is 1. The van der Waals surface area contributed by atoms with Crippen LogP contribution in [0.15, 0.2) is 24.3 Å². The maximum atomic E-state index is 5.71. The first kappa shape index (κ1) is 11.2. The van der Waals surface area contributed by atoms with Crippen LogP contribution in [0, 0.1) is 2.88 Å². The van der Waals surface area contributed by atoms with Crippen molar-refractivity contribution in [2.24, 2.45) is 0 Å². The van der Waals surface area contributed by atoms with Crippen LogP contribution in [0.4, 0.5) is 5.69 Å². The van der Waals surface area contributed by atoms with Gasteiger partial charge in [-0.3, -0.25) is 0 Å². The Bertz CT molecular complexity index is 550. The standard InChI is InChI=1S/C12H10INO2S/c13-12-10-9(15-5-6-16-10)11(17-12)7-1-3-8(14)4-2-7/h1-4H,5-6,14H2. The summed E-state index contributed by atoms with van der Waals surface area (Å²) in [5, 5.41) is 0. The molecule has 2 N–H and O–H groups in total. The van der Waals surface area contributed by atoms with Crippen LogP contribution < -0.4 is 15.2 Å². The molecule has 3 rings (SSSR count). The van der Waals surface area contributed by atoms with Crippen LogP contribution in [0.25, 0.3) is 10.4 Å². The van der Waals surface area contributed by atoms with E-state index >= 15 is 0 Å². The van der Waals surface area contributed by atoms with Crippen molar-refractivity contribution >= 4 is 39.6 Å². The summed E-state index contributed by atoms with van der Waals surface area (Å²) in [5.41, 5.74) is 7.58. The van der Waals surface area contributed by atoms with Crippen LogP contribution in [0.5, 0.6) is 11.5 Å². The summed E-state index contributed by atoms with van der Waals surface area (Å²) in [6.45, 7) is 1.24. The quantitative estimate of drug-likeness (QED) is 0.627. The molecule has 0 amide bonds. The number of hydrogen-bond donors (Lipinski definition) is 1. The maximum Gasteiger partial charge on any atom is 0.186 e. The van der Waals surface area contributed by atoms with E-state index in [1.165, 1.54) is 0 Å². The van der Waals surface area contributed by atoms with Crippen molar-refractivity contribution in [1.82, 2.24) is 0 Å². The summed E-state index contributed by atoms with van der Waals surface area (Å²) in [6.07, 6.45) is 0. The number of rotatable bonds is 1. The molecule has 0 fully saturated rings. The summed E-state index contributed by atoms with van der Waals surface area (Å²) >= 11 is 3.97. The molecule has 0 bridgehead atoms. The van der Waals surface area contributed by atoms with Gasteiger partial charge in [0.2, 0.25) is 0 Å². The van der Waals surface area contributed by atoms with Crippen LogP contribution in [0.1, 0.15) is 0 Å². The van der Waals surface area contributed by atoms with Gasteiger partial charge in [0.05, 0.1) is 4.88 Å². The average Bonchev–Trinajstić information content (AvgIpc) is 2.69. The summed E-state index contributed by atoms with van der Waals surface area (Å²) in [4.78, 5) is 1.11. The Hall–Kier alpha value is -0.950. The van der Waals surface area contributed by atoms with Crippen molar-refractivity contribution in [3.05, 3.63) is 27.1 Å². The fraction of sp³-hybridized carbons (Fsp3) is 0.167. The van der Waals surface area contributed by atoms with Gasteiger partial charge in [0, 0.05) is 5.69 Å². The van der Waals surface area contributed by atoms with Gasteiger partial charge in [-0.2, -0.15) is 0 Å². The molecule has 0 radical (unpaired) electrons. The van der Waals surface area contributed by atoms with Crippen molar-refractivity contribution in [2.75, 3.05) is 18.9 Å². The minimum atomic E-state index is 0.613. The number of ether oxygens (including phenoxy) is 2. The number of anilines is 1. The van der Waals surface area contributed by atoms with Gasteiger partial charge in [-0.15, -0.1) is 11.3 Å². The smallest absolute Gasteiger partial charge is 0.186 e. The average molecular weight is 359 g/mol. The molecule has 0 unspecified atom stereocenters. The van der Waals surface area contributed by atoms with Crippen molar-refractivity contribution in [3.8, 4) is 21.9 Å². The van der Waals surface area contributed by atoms with Crippen molar-refractivity contribution in [1.29, 1.82) is 0 Å². The second-order valence-electron chi connectivity index (χ2n) is 3.68. The summed E-state index contributed by atoms with van der Waals surface area (Å²) in [6, 6.07) is 7.82. The number of benzene rings is 1. The molecule has 88 valence electrons. The Kier molecular flexibility index (Phi) is 2.87. The molecule has 0 saturated heterocycles. The van der Waals surface area contributed by atoms with E-state index in [9.17, 15) is 0 Å². The van der Waals surface area contributed by atoms with Gasteiger partial charge in [0.15, 0.2) is 11.5 Å². The summed E-state index contributed by atoms with van der Waals surface area (Å²) in [5.74, 6) is 1.75. The lowest BCUT2D eigenvalue weighted by molar-refractivity contribution is 0.173. The number of nitrogen functional groups attached to an aromatic ring is 1. The van der Waals surface area contributed by atoms with Gasteiger partial charge in [-0.1, -0.05) is 12.1 Å². The molecule has 0 spiro atoms. The second kappa shape index (κ2) is 4.38. The molecule has 0 saturated carbocycles. The van der Waals surface area contributed by atoms with E-state index in [0.29, 0.717) is 13.2 Å². The van der Waals surface area contributed by atoms with Crippen molar-refractivity contribution < 1.29 is 9.47 Å². The Balaban J connectivity index is 2.11. The number of thiophene rings is 1. The van der Waals surface area contributed by atoms with Gasteiger partial charge in [0.25, 0.3) is 0 Å². The molecule has 5 heteroatoms. The summed E-state index contributed by atoms with van der Waals surface area (Å²) < 4.78 is 12.5. The Morgan fingerprint density at radius 1 is 1.06 bits per heavy atom. The first-order chi connectivity index (χ1) is 8.25. The van der Waals surface area contributed by atoms with E-state index in [2.05, 4.69) is 22.6 Å². The normalized spacial score (nSPS) is 13.7. The Morgan fingerprint density at radius 3 is 2.41 bits per heavy atom. The van der Waals surface area contributed by atoms with Gasteiger partial charge >= 0.3 is 0 Å². The Labute approximate surface area is 117 Å². The largest absolute Gasteiger partial charge is 0.485 e. The molecule has 2 aromatic rings. The van der Waals surface area contributed by atoms with Crippen LogP contribution in [0.2, 0.25) is 0 Å². The predicted octanol–water partition coefficient (Wildman–Crippen LogP) is 3.37. The van der Waals surface area contributed by atoms with Crippen LogP contribution in [-0.4, -0.2) is 13.2 Å². The molecule has 0 atom stereocenters. The molecule has 1 aromatic carbocycles. The van der Waals surface area contributed by atoms with Crippen LogP contribution in [-0.2, 0) is 0 Å². The van der Waals surface area contributed by atoms with E-state index in [0.717, 1.165) is 30.5 Å². The molecular formula is C12H10INO2S. The fourth-order valence-corrected chi connectivity index (χ4v) is 3.72. The topological polar surface area (TPSA) is 44.5 Å². The van der Waals surface area contributed by atoms with E-state index in [1.807, 2.05) is 24.3 Å². The molecule has 1 aliphatic heterocycles. The zero-order chi connectivity index (χ0) is 11.8. The summed E-state index contributed by atoms with van der Waals surface area (Å²) in [7, 11) is 0. The van der Waals surface area contributed by atoms with E-state index in [-0.39, 0.29) is 0 Å². The maximum absolute atomic E-state index is 5.71. The highest BCUT2D eigenvalue weighted by Gasteiger charge is 2.23. The lowest BCUT2D eigenvalue weighted by atomic mass is 10.1. The van der Waals surface area contributed by atoms with E-state index in [4.69, 9.17) is 15.2 Å². The van der Waals surface area contributed by atoms with E-state index in [1.54, 1.807) is 11.3 Å². The molecule has 1 aromatic heterocycles. The first-order valence-electron chi connectivity index (χ1n) is 5.19. The lowest BCUT2D eigenvalue weighted by Gasteiger charge is -2.16. The molecule has 1 aliphatic rings. The fourth-order valence-electron chi connectivity index (χ4n) is 1.74. The lowest BCUT2D eigenvalue weighted by Crippen LogP contribution is -2.14. The number of fused-ring (bicyclic) bond motifs is 1. The number of nitrogens with two attached hydrogens (primary N) is 1. The third kappa shape index (κ3) is 1.97. The monoisotopic (exact) mass is 359 g/mol. The Morgan fingerprint density at radius 2 is 1.71 bits per heavy atom. The second-order valence-corrected chi connectivity index (χ2v) is 6.51. The molecule has 3 nitrogen and oxygen atoms in total. The van der Waals surface area contributed by atoms with Crippen LogP contribution >= 0.6 is 33.9 Å². The third-order valence-electron chi connectivity index (χ3n) is 2.53. The van der Waals surface area contributed by atoms with Gasteiger partial charge < -0.3 is 15.2 Å². The molecule has 2 heterocycles. The highest BCUT2D eigenvalue weighted by atomic mass is 127. The molecular weight excluding hydrogens is 349 g/mol. The first-order valence-corrected chi connectivity index (χ1v) is 7.09. The molecule has 0 aliphatic carbocycles. The van der Waals surface area contributed by atoms with Crippen molar-refractivity contribution in [2.45, 2.75) is 0 Å². The SMILES string of the molecule is Nc1ccc(-c2sc(I)c3c2OCCO3)cc1. The van der Waals surface area contributed by atoms with Gasteiger partial charge in [-0.25, -0.2) is 0 Å². The minimum Gasteiger partial charge on any atom is -0.485 e.